The van der Waals surface area contributed by atoms with Crippen molar-refractivity contribution in [3.05, 3.63) is 23.8 Å². The number of methoxy groups -OCH3 is 1. The predicted octanol–water partition coefficient (Wildman–Crippen LogP) is 1.22. The van der Waals surface area contributed by atoms with Crippen molar-refractivity contribution in [2.75, 3.05) is 33.5 Å². The number of nitrogens with one attached hydrogen (secondary N) is 1. The first kappa shape index (κ1) is 37.4. The summed E-state index contributed by atoms with van der Waals surface area (Å²) in [6.45, 7) is 7.08. The summed E-state index contributed by atoms with van der Waals surface area (Å²) >= 11 is 0. The topological polar surface area (TPSA) is 178 Å². The third kappa shape index (κ3) is 4.83. The predicted molar refractivity (Wildman–Crippen MR) is 194 cm³/mol. The maximum Gasteiger partial charge on any atom is 0.240 e. The van der Waals surface area contributed by atoms with E-state index < -0.39 is 81.2 Å². The Balaban J connectivity index is 1.14. The molecule has 3 saturated carbocycles. The first-order valence-electron chi connectivity index (χ1n) is 20.4. The summed E-state index contributed by atoms with van der Waals surface area (Å²) in [7, 11) is 1.67. The number of carbonyl (C=O) groups excluding carboxylic acids is 2. The number of ether oxygens (including phenoxy) is 3. The van der Waals surface area contributed by atoms with Crippen molar-refractivity contribution in [3.63, 3.8) is 0 Å². The molecule has 3 saturated heterocycles. The molecule has 6 aliphatic heterocycles. The Morgan fingerprint density at radius 1 is 1.06 bits per heavy atom. The highest BCUT2D eigenvalue weighted by Gasteiger charge is 2.74. The van der Waals surface area contributed by atoms with Crippen LogP contribution in [0.1, 0.15) is 78.6 Å². The average Bonchev–Trinajstić information content (AvgIpc) is 3.69. The Kier molecular flexibility index (Phi) is 8.59. The van der Waals surface area contributed by atoms with Crippen LogP contribution in [0.4, 0.5) is 0 Å². The SMILES string of the molecule is COCCCOC1CCC2(C)C(C1)C(=O)C=C1C3(O)CCC4C(C)(O)C(O)C5OC6C(C7C=CC6(O)NC7C(=O)N6CC6CC#CC12CCC43C)C5CO. The Morgan fingerprint density at radius 3 is 2.61 bits per heavy atom. The second kappa shape index (κ2) is 12.4. The molecule has 11 aliphatic rings. The zero-order valence-electron chi connectivity index (χ0n) is 32.0. The summed E-state index contributed by atoms with van der Waals surface area (Å²) in [5.74, 6) is 4.55. The van der Waals surface area contributed by atoms with Gasteiger partial charge in [-0.15, -0.1) is 5.92 Å². The zero-order valence-corrected chi connectivity index (χ0v) is 32.0. The van der Waals surface area contributed by atoms with Gasteiger partial charge in [0.25, 0.3) is 0 Å². The summed E-state index contributed by atoms with van der Waals surface area (Å²) in [4.78, 5) is 30.3. The van der Waals surface area contributed by atoms with Crippen LogP contribution >= 0.6 is 0 Å². The molecule has 6 heterocycles. The van der Waals surface area contributed by atoms with Gasteiger partial charge in [0.1, 0.15) is 12.2 Å². The van der Waals surface area contributed by atoms with E-state index in [9.17, 15) is 35.1 Å². The molecule has 5 aliphatic carbocycles. The van der Waals surface area contributed by atoms with Crippen LogP contribution in [-0.4, -0.2) is 129 Å². The molecule has 0 radical (unpaired) electrons. The standard InChI is InChI=1S/C42H58N2O10/c1-37-12-8-24(53-18-6-17-52-4)19-27(37)28(46)20-30-40(37)11-5-7-23-21-44(23)36(48)32-25-9-14-42(51,43-32)35-31(25)26(22-45)33(54-35)34(47)39(3,49)29-10-13-41(30,50)38(29,2)15-16-40/h9,14,20,23-27,29,31-35,43,45,47,49-51H,6-8,10,12-13,15-19,21-22H2,1-4H3. The van der Waals surface area contributed by atoms with E-state index in [-0.39, 0.29) is 42.8 Å². The van der Waals surface area contributed by atoms with Crippen molar-refractivity contribution in [3.8, 4) is 11.8 Å². The monoisotopic (exact) mass is 750 g/mol. The molecule has 17 unspecified atom stereocenters. The van der Waals surface area contributed by atoms with E-state index in [1.165, 1.54) is 0 Å². The fraction of sp³-hybridized carbons (Fsp3) is 0.810. The highest BCUT2D eigenvalue weighted by atomic mass is 16.5. The van der Waals surface area contributed by atoms with Gasteiger partial charge in [0.15, 0.2) is 11.5 Å². The number of ketones is 1. The number of aliphatic hydroxyl groups excluding tert-OH is 2. The molecule has 1 amide bonds. The van der Waals surface area contributed by atoms with Gasteiger partial charge >= 0.3 is 0 Å². The molecule has 296 valence electrons. The number of allylic oxidation sites excluding steroid dienone is 1. The van der Waals surface area contributed by atoms with Gasteiger partial charge in [0.05, 0.1) is 40.9 Å². The summed E-state index contributed by atoms with van der Waals surface area (Å²) < 4.78 is 18.0. The van der Waals surface area contributed by atoms with Gasteiger partial charge in [0, 0.05) is 69.0 Å². The zero-order chi connectivity index (χ0) is 38.2. The average molecular weight is 751 g/mol. The number of amides is 1. The molecule has 0 aromatic carbocycles. The summed E-state index contributed by atoms with van der Waals surface area (Å²) in [6, 6.07) is -0.864. The molecule has 0 aromatic rings. The summed E-state index contributed by atoms with van der Waals surface area (Å²) in [5.41, 5.74) is -6.70. The molecule has 9 bridgehead atoms. The van der Waals surface area contributed by atoms with Gasteiger partial charge in [-0.05, 0) is 87.3 Å². The highest BCUT2D eigenvalue weighted by Crippen LogP contribution is 2.73. The third-order valence-corrected chi connectivity index (χ3v) is 16.7. The van der Waals surface area contributed by atoms with E-state index in [1.807, 2.05) is 13.0 Å². The van der Waals surface area contributed by atoms with Gasteiger partial charge in [-0.2, -0.15) is 0 Å². The Bertz CT molecular complexity index is 1720. The molecule has 12 nitrogen and oxygen atoms in total. The van der Waals surface area contributed by atoms with Gasteiger partial charge in [-0.1, -0.05) is 25.8 Å². The van der Waals surface area contributed by atoms with Crippen molar-refractivity contribution < 1.29 is 49.3 Å². The fourth-order valence-electron chi connectivity index (χ4n) is 13.5. The second-order valence-electron chi connectivity index (χ2n) is 19.0. The number of hydrogen-bond donors (Lipinski definition) is 6. The van der Waals surface area contributed by atoms with Gasteiger partial charge < -0.3 is 44.6 Å². The minimum absolute atomic E-state index is 0.0236. The van der Waals surface area contributed by atoms with Crippen molar-refractivity contribution >= 4 is 11.7 Å². The molecule has 1 spiro atoms. The van der Waals surface area contributed by atoms with E-state index in [4.69, 9.17) is 14.2 Å². The highest BCUT2D eigenvalue weighted by molar-refractivity contribution is 5.96. The maximum absolute atomic E-state index is 14.4. The van der Waals surface area contributed by atoms with Crippen LogP contribution in [0.15, 0.2) is 23.8 Å². The Labute approximate surface area is 317 Å². The minimum Gasteiger partial charge on any atom is -0.396 e. The molecular formula is C42H58N2O10. The fourth-order valence-corrected chi connectivity index (χ4v) is 13.5. The molecule has 11 rings (SSSR count). The lowest BCUT2D eigenvalue weighted by molar-refractivity contribution is -0.211. The largest absolute Gasteiger partial charge is 0.396 e. The minimum atomic E-state index is -1.80. The number of rotatable bonds is 6. The van der Waals surface area contributed by atoms with E-state index in [0.29, 0.717) is 63.9 Å². The van der Waals surface area contributed by atoms with Gasteiger partial charge in [-0.25, -0.2) is 0 Å². The lowest BCUT2D eigenvalue weighted by atomic mass is 9.39. The molecule has 0 aromatic heterocycles. The van der Waals surface area contributed by atoms with Crippen molar-refractivity contribution in [1.82, 2.24) is 10.2 Å². The van der Waals surface area contributed by atoms with Crippen LogP contribution in [0.2, 0.25) is 0 Å². The normalized spacial score (nSPS) is 54.0. The van der Waals surface area contributed by atoms with Crippen molar-refractivity contribution in [2.24, 2.45) is 45.8 Å². The quantitative estimate of drug-likeness (QED) is 0.0996. The molecule has 54 heavy (non-hydrogen) atoms. The van der Waals surface area contributed by atoms with Crippen molar-refractivity contribution in [2.45, 2.75) is 132 Å². The van der Waals surface area contributed by atoms with Gasteiger partial charge in [0.2, 0.25) is 5.91 Å². The smallest absolute Gasteiger partial charge is 0.240 e. The van der Waals surface area contributed by atoms with Crippen LogP contribution in [0.25, 0.3) is 0 Å². The maximum atomic E-state index is 14.4. The van der Waals surface area contributed by atoms with Gasteiger partial charge in [-0.3, -0.25) is 14.9 Å². The summed E-state index contributed by atoms with van der Waals surface area (Å²) in [5, 5.41) is 64.0. The van der Waals surface area contributed by atoms with E-state index in [0.717, 1.165) is 12.8 Å². The molecule has 17 atom stereocenters. The number of fused-ring (bicyclic) bond motifs is 4. The summed E-state index contributed by atoms with van der Waals surface area (Å²) in [6.07, 6.45) is 6.65. The number of hydrogen-bond acceptors (Lipinski definition) is 11. The van der Waals surface area contributed by atoms with E-state index in [1.54, 1.807) is 31.1 Å². The number of piperidine rings is 1. The third-order valence-electron chi connectivity index (χ3n) is 16.7. The first-order valence-corrected chi connectivity index (χ1v) is 20.4. The van der Waals surface area contributed by atoms with Crippen LogP contribution in [0.5, 0.6) is 0 Å². The van der Waals surface area contributed by atoms with Crippen LogP contribution < -0.4 is 5.32 Å². The first-order chi connectivity index (χ1) is 25.6. The number of nitrogens with zero attached hydrogens (tertiary/aromatic N) is 1. The molecule has 6 N–H and O–H groups in total. The number of aliphatic hydroxyl groups is 5. The van der Waals surface area contributed by atoms with Crippen LogP contribution in [-0.2, 0) is 23.8 Å². The molecule has 6 fully saturated rings. The van der Waals surface area contributed by atoms with Crippen LogP contribution in [0, 0.1) is 57.7 Å². The Morgan fingerprint density at radius 2 is 1.85 bits per heavy atom. The second-order valence-corrected chi connectivity index (χ2v) is 19.0. The molecule has 12 heteroatoms. The molecular weight excluding hydrogens is 692 g/mol. The van der Waals surface area contributed by atoms with E-state index in [2.05, 4.69) is 24.1 Å². The van der Waals surface area contributed by atoms with Crippen LogP contribution in [0.3, 0.4) is 0 Å². The van der Waals surface area contributed by atoms with Crippen molar-refractivity contribution in [1.29, 1.82) is 0 Å². The van der Waals surface area contributed by atoms with E-state index >= 15 is 0 Å². The Hall–Kier alpha value is -2.18. The lowest BCUT2D eigenvalue weighted by Gasteiger charge is -2.64. The lowest BCUT2D eigenvalue weighted by Crippen LogP contribution is -2.71. The number of carbonyl (C=O) groups is 2.